The van der Waals surface area contributed by atoms with E-state index in [2.05, 4.69) is 30.8 Å². The highest BCUT2D eigenvalue weighted by molar-refractivity contribution is 5.37. The molecular formula is C16H21N5O2. The van der Waals surface area contributed by atoms with Gasteiger partial charge in [0.05, 0.1) is 20.3 Å². The minimum Gasteiger partial charge on any atom is -0.481 e. The fourth-order valence-corrected chi connectivity index (χ4v) is 2.60. The number of ether oxygens (including phenoxy) is 2. The van der Waals surface area contributed by atoms with Gasteiger partial charge in [0.25, 0.3) is 0 Å². The van der Waals surface area contributed by atoms with E-state index in [1.165, 1.54) is 5.56 Å². The van der Waals surface area contributed by atoms with Crippen molar-refractivity contribution < 1.29 is 9.47 Å². The third kappa shape index (κ3) is 3.87. The van der Waals surface area contributed by atoms with E-state index in [0.29, 0.717) is 17.7 Å². The van der Waals surface area contributed by atoms with Gasteiger partial charge in [0.2, 0.25) is 17.7 Å². The van der Waals surface area contributed by atoms with Crippen LogP contribution in [-0.2, 0) is 6.54 Å². The molecule has 0 saturated carbocycles. The normalized spacial score (nSPS) is 15.5. The van der Waals surface area contributed by atoms with E-state index in [0.717, 1.165) is 32.7 Å². The number of anilines is 1. The van der Waals surface area contributed by atoms with Gasteiger partial charge in [0.1, 0.15) is 0 Å². The number of rotatable bonds is 5. The van der Waals surface area contributed by atoms with Gasteiger partial charge >= 0.3 is 0 Å². The number of hydrogen-bond donors (Lipinski definition) is 0. The molecular weight excluding hydrogens is 294 g/mol. The summed E-state index contributed by atoms with van der Waals surface area (Å²) in [5.41, 5.74) is 1.24. The van der Waals surface area contributed by atoms with Crippen LogP contribution in [0.25, 0.3) is 0 Å². The van der Waals surface area contributed by atoms with E-state index < -0.39 is 0 Å². The molecule has 1 fully saturated rings. The van der Waals surface area contributed by atoms with Gasteiger partial charge in [-0.25, -0.2) is 0 Å². The summed E-state index contributed by atoms with van der Waals surface area (Å²) in [6.07, 6.45) is 3.72. The summed E-state index contributed by atoms with van der Waals surface area (Å²) < 4.78 is 10.4. The van der Waals surface area contributed by atoms with Gasteiger partial charge in [0.15, 0.2) is 0 Å². The maximum Gasteiger partial charge on any atom is 0.232 e. The maximum atomic E-state index is 5.21. The molecule has 0 N–H and O–H groups in total. The van der Waals surface area contributed by atoms with Crippen LogP contribution in [0.1, 0.15) is 5.56 Å². The van der Waals surface area contributed by atoms with Crippen molar-refractivity contribution in [1.82, 2.24) is 19.9 Å². The molecule has 2 aromatic heterocycles. The third-order valence-corrected chi connectivity index (χ3v) is 3.87. The Morgan fingerprint density at radius 3 is 2.30 bits per heavy atom. The number of aromatic nitrogens is 3. The molecule has 0 atom stereocenters. The SMILES string of the molecule is COc1cc(OC)nc(N2CCN(Cc3cccnc3)CC2)n1. The zero-order chi connectivity index (χ0) is 16.1. The predicted octanol–water partition coefficient (Wildman–Crippen LogP) is 1.21. The summed E-state index contributed by atoms with van der Waals surface area (Å²) in [5.74, 6) is 1.69. The van der Waals surface area contributed by atoms with Crippen molar-refractivity contribution in [3.63, 3.8) is 0 Å². The number of pyridine rings is 1. The first-order valence-corrected chi connectivity index (χ1v) is 7.62. The number of methoxy groups -OCH3 is 2. The smallest absolute Gasteiger partial charge is 0.232 e. The molecule has 0 unspecified atom stereocenters. The lowest BCUT2D eigenvalue weighted by molar-refractivity contribution is 0.248. The molecule has 1 saturated heterocycles. The molecule has 0 amide bonds. The van der Waals surface area contributed by atoms with Crippen LogP contribution in [0.4, 0.5) is 5.95 Å². The fraction of sp³-hybridized carbons (Fsp3) is 0.438. The highest BCUT2D eigenvalue weighted by atomic mass is 16.5. The second-order valence-corrected chi connectivity index (χ2v) is 5.38. The van der Waals surface area contributed by atoms with E-state index in [9.17, 15) is 0 Å². The van der Waals surface area contributed by atoms with Crippen molar-refractivity contribution in [2.24, 2.45) is 0 Å². The Morgan fingerprint density at radius 1 is 1.04 bits per heavy atom. The summed E-state index contributed by atoms with van der Waals surface area (Å²) in [4.78, 5) is 17.6. The summed E-state index contributed by atoms with van der Waals surface area (Å²) in [6, 6.07) is 5.76. The Hall–Kier alpha value is -2.41. The highest BCUT2D eigenvalue weighted by Gasteiger charge is 2.20. The van der Waals surface area contributed by atoms with Gasteiger partial charge in [-0.2, -0.15) is 9.97 Å². The van der Waals surface area contributed by atoms with Gasteiger partial charge in [-0.05, 0) is 11.6 Å². The minimum atomic E-state index is 0.518. The van der Waals surface area contributed by atoms with E-state index >= 15 is 0 Å². The van der Waals surface area contributed by atoms with Crippen molar-refractivity contribution in [3.05, 3.63) is 36.2 Å². The highest BCUT2D eigenvalue weighted by Crippen LogP contribution is 2.21. The van der Waals surface area contributed by atoms with E-state index in [4.69, 9.17) is 9.47 Å². The number of piperazine rings is 1. The predicted molar refractivity (Wildman–Crippen MR) is 86.9 cm³/mol. The second kappa shape index (κ2) is 7.23. The van der Waals surface area contributed by atoms with Crippen molar-refractivity contribution in [2.75, 3.05) is 45.3 Å². The van der Waals surface area contributed by atoms with Crippen LogP contribution in [0.3, 0.4) is 0 Å². The minimum absolute atomic E-state index is 0.518. The molecule has 0 aliphatic carbocycles. The van der Waals surface area contributed by atoms with Gasteiger partial charge in [-0.3, -0.25) is 9.88 Å². The molecule has 122 valence electrons. The monoisotopic (exact) mass is 315 g/mol. The number of nitrogens with zero attached hydrogens (tertiary/aromatic N) is 5. The number of hydrogen-bond acceptors (Lipinski definition) is 7. The van der Waals surface area contributed by atoms with Crippen molar-refractivity contribution >= 4 is 5.95 Å². The quantitative estimate of drug-likeness (QED) is 0.822. The molecule has 3 rings (SSSR count). The lowest BCUT2D eigenvalue weighted by Crippen LogP contribution is -2.46. The molecule has 0 spiro atoms. The Balaban J connectivity index is 1.62. The topological polar surface area (TPSA) is 63.6 Å². The van der Waals surface area contributed by atoms with E-state index in [1.807, 2.05) is 12.3 Å². The summed E-state index contributed by atoms with van der Waals surface area (Å²) in [7, 11) is 3.19. The first-order valence-electron chi connectivity index (χ1n) is 7.62. The maximum absolute atomic E-state index is 5.21. The molecule has 1 aliphatic rings. The molecule has 0 radical (unpaired) electrons. The first kappa shape index (κ1) is 15.5. The van der Waals surface area contributed by atoms with Gasteiger partial charge in [0, 0.05) is 45.1 Å². The van der Waals surface area contributed by atoms with Crippen LogP contribution in [0.5, 0.6) is 11.8 Å². The molecule has 1 aliphatic heterocycles. The van der Waals surface area contributed by atoms with Gasteiger partial charge < -0.3 is 14.4 Å². The molecule has 0 aromatic carbocycles. The van der Waals surface area contributed by atoms with Crippen LogP contribution < -0.4 is 14.4 Å². The van der Waals surface area contributed by atoms with Crippen molar-refractivity contribution in [3.8, 4) is 11.8 Å². The molecule has 3 heterocycles. The van der Waals surface area contributed by atoms with Gasteiger partial charge in [-0.1, -0.05) is 6.07 Å². The Labute approximate surface area is 135 Å². The first-order chi connectivity index (χ1) is 11.3. The second-order valence-electron chi connectivity index (χ2n) is 5.38. The van der Waals surface area contributed by atoms with Crippen LogP contribution >= 0.6 is 0 Å². The zero-order valence-corrected chi connectivity index (χ0v) is 13.5. The third-order valence-electron chi connectivity index (χ3n) is 3.87. The average molecular weight is 315 g/mol. The molecule has 0 bridgehead atoms. The van der Waals surface area contributed by atoms with Crippen LogP contribution in [0.2, 0.25) is 0 Å². The van der Waals surface area contributed by atoms with Crippen LogP contribution in [0, 0.1) is 0 Å². The van der Waals surface area contributed by atoms with Crippen LogP contribution in [0.15, 0.2) is 30.6 Å². The lowest BCUT2D eigenvalue weighted by atomic mass is 10.2. The summed E-state index contributed by atoms with van der Waals surface area (Å²) in [5, 5.41) is 0. The average Bonchev–Trinajstić information content (AvgIpc) is 2.62. The van der Waals surface area contributed by atoms with E-state index in [-0.39, 0.29) is 0 Å². The van der Waals surface area contributed by atoms with Crippen LogP contribution in [-0.4, -0.2) is 60.3 Å². The fourth-order valence-electron chi connectivity index (χ4n) is 2.60. The molecule has 2 aromatic rings. The molecule has 23 heavy (non-hydrogen) atoms. The van der Waals surface area contributed by atoms with Gasteiger partial charge in [-0.15, -0.1) is 0 Å². The zero-order valence-electron chi connectivity index (χ0n) is 13.5. The van der Waals surface area contributed by atoms with Crippen molar-refractivity contribution in [1.29, 1.82) is 0 Å². The Kier molecular flexibility index (Phi) is 4.87. The van der Waals surface area contributed by atoms with Crippen molar-refractivity contribution in [2.45, 2.75) is 6.54 Å². The standard InChI is InChI=1S/C16H21N5O2/c1-22-14-10-15(23-2)19-16(18-14)21-8-6-20(7-9-21)12-13-4-3-5-17-11-13/h3-5,10-11H,6-9,12H2,1-2H3. The Morgan fingerprint density at radius 2 is 1.74 bits per heavy atom. The largest absolute Gasteiger partial charge is 0.481 e. The molecule has 7 nitrogen and oxygen atoms in total. The summed E-state index contributed by atoms with van der Waals surface area (Å²) in [6.45, 7) is 4.58. The molecule has 7 heteroatoms. The van der Waals surface area contributed by atoms with E-state index in [1.54, 1.807) is 26.5 Å². The summed E-state index contributed by atoms with van der Waals surface area (Å²) >= 11 is 0. The lowest BCUT2D eigenvalue weighted by Gasteiger charge is -2.34. The Bertz CT molecular complexity index is 607.